The SMILES string of the molecule is O=C(OCCn1cccn1)[C@@H]1CCCN1Cc1ccccc1. The maximum absolute atomic E-state index is 12.3. The number of hydrogen-bond donors (Lipinski definition) is 0. The topological polar surface area (TPSA) is 47.4 Å². The highest BCUT2D eigenvalue weighted by Gasteiger charge is 2.31. The molecule has 22 heavy (non-hydrogen) atoms. The van der Waals surface area contributed by atoms with Crippen molar-refractivity contribution in [3.8, 4) is 0 Å². The Morgan fingerprint density at radius 2 is 2.14 bits per heavy atom. The van der Waals surface area contributed by atoms with E-state index in [9.17, 15) is 4.79 Å². The first-order chi connectivity index (χ1) is 10.8. The minimum atomic E-state index is -0.113. The van der Waals surface area contributed by atoms with Gasteiger partial charge in [0.05, 0.1) is 6.54 Å². The van der Waals surface area contributed by atoms with E-state index >= 15 is 0 Å². The monoisotopic (exact) mass is 299 g/mol. The van der Waals surface area contributed by atoms with Crippen LogP contribution in [0.5, 0.6) is 0 Å². The molecule has 0 saturated carbocycles. The number of nitrogens with zero attached hydrogens (tertiary/aromatic N) is 3. The van der Waals surface area contributed by atoms with E-state index in [-0.39, 0.29) is 12.0 Å². The van der Waals surface area contributed by atoms with Gasteiger partial charge in [0, 0.05) is 18.9 Å². The number of likely N-dealkylation sites (tertiary alicyclic amines) is 1. The van der Waals surface area contributed by atoms with Gasteiger partial charge in [0.15, 0.2) is 0 Å². The van der Waals surface area contributed by atoms with Crippen LogP contribution in [0.4, 0.5) is 0 Å². The minimum Gasteiger partial charge on any atom is -0.463 e. The normalized spacial score (nSPS) is 18.5. The maximum Gasteiger partial charge on any atom is 0.323 e. The molecule has 5 heteroatoms. The Balaban J connectivity index is 1.50. The van der Waals surface area contributed by atoms with Gasteiger partial charge in [-0.2, -0.15) is 5.10 Å². The van der Waals surface area contributed by atoms with Crippen LogP contribution in [-0.2, 0) is 22.6 Å². The fourth-order valence-electron chi connectivity index (χ4n) is 2.87. The zero-order valence-electron chi connectivity index (χ0n) is 12.6. The summed E-state index contributed by atoms with van der Waals surface area (Å²) in [7, 11) is 0. The van der Waals surface area contributed by atoms with Gasteiger partial charge >= 0.3 is 5.97 Å². The van der Waals surface area contributed by atoms with E-state index in [1.165, 1.54) is 5.56 Å². The number of carbonyl (C=O) groups is 1. The molecule has 0 unspecified atom stereocenters. The highest BCUT2D eigenvalue weighted by molar-refractivity contribution is 5.76. The summed E-state index contributed by atoms with van der Waals surface area (Å²) in [5.74, 6) is -0.111. The number of carbonyl (C=O) groups excluding carboxylic acids is 1. The van der Waals surface area contributed by atoms with E-state index in [4.69, 9.17) is 4.74 Å². The Morgan fingerprint density at radius 3 is 2.91 bits per heavy atom. The Morgan fingerprint density at radius 1 is 1.27 bits per heavy atom. The fraction of sp³-hybridized carbons (Fsp3) is 0.412. The third-order valence-corrected chi connectivity index (χ3v) is 3.99. The highest BCUT2D eigenvalue weighted by Crippen LogP contribution is 2.21. The van der Waals surface area contributed by atoms with E-state index in [1.54, 1.807) is 10.9 Å². The average molecular weight is 299 g/mol. The van der Waals surface area contributed by atoms with Crippen molar-refractivity contribution in [2.45, 2.75) is 32.0 Å². The molecule has 2 aromatic rings. The number of benzene rings is 1. The highest BCUT2D eigenvalue weighted by atomic mass is 16.5. The molecule has 3 rings (SSSR count). The van der Waals surface area contributed by atoms with Crippen molar-refractivity contribution in [1.82, 2.24) is 14.7 Å². The fourth-order valence-corrected chi connectivity index (χ4v) is 2.87. The van der Waals surface area contributed by atoms with Gasteiger partial charge in [-0.3, -0.25) is 14.4 Å². The van der Waals surface area contributed by atoms with Gasteiger partial charge in [-0.25, -0.2) is 0 Å². The predicted octanol–water partition coefficient (Wildman–Crippen LogP) is 2.09. The van der Waals surface area contributed by atoms with Gasteiger partial charge in [0.1, 0.15) is 12.6 Å². The lowest BCUT2D eigenvalue weighted by Gasteiger charge is -2.23. The van der Waals surface area contributed by atoms with Crippen molar-refractivity contribution in [3.63, 3.8) is 0 Å². The van der Waals surface area contributed by atoms with Crippen LogP contribution in [-0.4, -0.2) is 39.8 Å². The molecule has 1 aliphatic heterocycles. The van der Waals surface area contributed by atoms with E-state index in [2.05, 4.69) is 22.1 Å². The van der Waals surface area contributed by atoms with Crippen LogP contribution < -0.4 is 0 Å². The van der Waals surface area contributed by atoms with Gasteiger partial charge in [-0.05, 0) is 31.0 Å². The van der Waals surface area contributed by atoms with Crippen LogP contribution in [0, 0.1) is 0 Å². The second kappa shape index (κ2) is 7.22. The molecule has 2 heterocycles. The number of esters is 1. The van der Waals surface area contributed by atoms with Gasteiger partial charge in [0.25, 0.3) is 0 Å². The number of hydrogen-bond acceptors (Lipinski definition) is 4. The van der Waals surface area contributed by atoms with Gasteiger partial charge in [-0.15, -0.1) is 0 Å². The van der Waals surface area contributed by atoms with Crippen LogP contribution in [0.1, 0.15) is 18.4 Å². The van der Waals surface area contributed by atoms with Crippen molar-refractivity contribution < 1.29 is 9.53 Å². The van der Waals surface area contributed by atoms with Gasteiger partial charge in [-0.1, -0.05) is 30.3 Å². The summed E-state index contributed by atoms with van der Waals surface area (Å²) in [5, 5.41) is 4.10. The molecule has 0 radical (unpaired) electrons. The summed E-state index contributed by atoms with van der Waals surface area (Å²) in [4.78, 5) is 14.5. The first-order valence-electron chi connectivity index (χ1n) is 7.75. The average Bonchev–Trinajstić information content (AvgIpc) is 3.20. The molecule has 0 N–H and O–H groups in total. The summed E-state index contributed by atoms with van der Waals surface area (Å²) in [6, 6.07) is 12.0. The number of rotatable bonds is 6. The predicted molar refractivity (Wildman–Crippen MR) is 83.1 cm³/mol. The Hall–Kier alpha value is -2.14. The van der Waals surface area contributed by atoms with Crippen molar-refractivity contribution in [1.29, 1.82) is 0 Å². The summed E-state index contributed by atoms with van der Waals surface area (Å²) >= 11 is 0. The van der Waals surface area contributed by atoms with Crippen LogP contribution in [0.3, 0.4) is 0 Å². The maximum atomic E-state index is 12.3. The van der Waals surface area contributed by atoms with Crippen molar-refractivity contribution >= 4 is 5.97 Å². The molecule has 1 saturated heterocycles. The summed E-state index contributed by atoms with van der Waals surface area (Å²) < 4.78 is 7.19. The second-order valence-corrected chi connectivity index (χ2v) is 5.55. The van der Waals surface area contributed by atoms with Gasteiger partial charge < -0.3 is 4.74 Å². The van der Waals surface area contributed by atoms with Crippen LogP contribution in [0.25, 0.3) is 0 Å². The van der Waals surface area contributed by atoms with Crippen molar-refractivity contribution in [3.05, 3.63) is 54.4 Å². The Kier molecular flexibility index (Phi) is 4.85. The third-order valence-electron chi connectivity index (χ3n) is 3.99. The lowest BCUT2D eigenvalue weighted by atomic mass is 10.2. The lowest BCUT2D eigenvalue weighted by Crippen LogP contribution is -2.37. The first kappa shape index (κ1) is 14.8. The first-order valence-corrected chi connectivity index (χ1v) is 7.75. The van der Waals surface area contributed by atoms with Crippen LogP contribution in [0.2, 0.25) is 0 Å². The number of ether oxygens (including phenoxy) is 1. The second-order valence-electron chi connectivity index (χ2n) is 5.55. The molecule has 0 bridgehead atoms. The zero-order valence-corrected chi connectivity index (χ0v) is 12.6. The smallest absolute Gasteiger partial charge is 0.323 e. The molecular weight excluding hydrogens is 278 g/mol. The van der Waals surface area contributed by atoms with E-state index in [1.807, 2.05) is 30.5 Å². The molecule has 1 fully saturated rings. The standard InChI is InChI=1S/C17H21N3O2/c21-17(22-13-12-20-11-5-9-18-20)16-8-4-10-19(16)14-15-6-2-1-3-7-15/h1-3,5-7,9,11,16H,4,8,10,12-14H2/t16-/m0/s1. The van der Waals surface area contributed by atoms with E-state index in [0.717, 1.165) is 25.9 Å². The van der Waals surface area contributed by atoms with Crippen LogP contribution >= 0.6 is 0 Å². The molecule has 1 aromatic carbocycles. The molecule has 1 aliphatic rings. The minimum absolute atomic E-state index is 0.111. The molecule has 0 amide bonds. The van der Waals surface area contributed by atoms with Gasteiger partial charge in [0.2, 0.25) is 0 Å². The molecular formula is C17H21N3O2. The lowest BCUT2D eigenvalue weighted by molar-refractivity contribution is -0.149. The largest absolute Gasteiger partial charge is 0.463 e. The van der Waals surface area contributed by atoms with E-state index < -0.39 is 0 Å². The van der Waals surface area contributed by atoms with Crippen molar-refractivity contribution in [2.75, 3.05) is 13.2 Å². The molecule has 1 aromatic heterocycles. The molecule has 0 aliphatic carbocycles. The quantitative estimate of drug-likeness (QED) is 0.766. The third kappa shape index (κ3) is 3.74. The molecule has 1 atom stereocenters. The zero-order chi connectivity index (χ0) is 15.2. The Bertz CT molecular complexity index is 583. The summed E-state index contributed by atoms with van der Waals surface area (Å²) in [6.07, 6.45) is 5.52. The van der Waals surface area contributed by atoms with Crippen molar-refractivity contribution in [2.24, 2.45) is 0 Å². The van der Waals surface area contributed by atoms with Crippen LogP contribution in [0.15, 0.2) is 48.8 Å². The summed E-state index contributed by atoms with van der Waals surface area (Å²) in [6.45, 7) is 2.73. The summed E-state index contributed by atoms with van der Waals surface area (Å²) in [5.41, 5.74) is 1.23. The van der Waals surface area contributed by atoms with E-state index in [0.29, 0.717) is 13.2 Å². The molecule has 116 valence electrons. The molecule has 5 nitrogen and oxygen atoms in total. The molecule has 0 spiro atoms. The number of aromatic nitrogens is 2. The Labute approximate surface area is 130 Å².